The standard InChI is InChI=1S/C21H24ClN3O3S/c1-4-5-19(26)23-15-7-9-17(22)18(11-15)24-21(29)25-20(27)12-28-16-8-6-13(2)14(3)10-16/h6-11H,4-5,12H2,1-3H3,(H,23,26)(H2,24,25,27,29). The minimum atomic E-state index is -0.399. The van der Waals surface area contributed by atoms with Crippen LogP contribution in [-0.2, 0) is 9.59 Å². The van der Waals surface area contributed by atoms with E-state index in [-0.39, 0.29) is 17.6 Å². The Labute approximate surface area is 181 Å². The van der Waals surface area contributed by atoms with Crippen molar-refractivity contribution in [3.05, 3.63) is 52.5 Å². The van der Waals surface area contributed by atoms with E-state index >= 15 is 0 Å². The van der Waals surface area contributed by atoms with Crippen molar-refractivity contribution in [3.8, 4) is 5.75 Å². The zero-order valence-electron chi connectivity index (χ0n) is 16.6. The second-order valence-corrected chi connectivity index (χ2v) is 7.35. The van der Waals surface area contributed by atoms with Crippen molar-refractivity contribution in [3.63, 3.8) is 0 Å². The van der Waals surface area contributed by atoms with E-state index in [2.05, 4.69) is 16.0 Å². The molecular formula is C21H24ClN3O3S. The summed E-state index contributed by atoms with van der Waals surface area (Å²) in [6.07, 6.45) is 1.19. The van der Waals surface area contributed by atoms with Crippen LogP contribution in [0.4, 0.5) is 11.4 Å². The van der Waals surface area contributed by atoms with Gasteiger partial charge in [-0.05, 0) is 73.9 Å². The quantitative estimate of drug-likeness (QED) is 0.556. The number of thiocarbonyl (C=S) groups is 1. The van der Waals surface area contributed by atoms with Gasteiger partial charge in [-0.1, -0.05) is 24.6 Å². The molecule has 154 valence electrons. The van der Waals surface area contributed by atoms with Crippen molar-refractivity contribution < 1.29 is 14.3 Å². The molecule has 0 unspecified atom stereocenters. The average Bonchev–Trinajstić information content (AvgIpc) is 2.65. The number of nitrogens with one attached hydrogen (secondary N) is 3. The van der Waals surface area contributed by atoms with Gasteiger partial charge in [-0.2, -0.15) is 0 Å². The first-order chi connectivity index (χ1) is 13.8. The molecule has 0 aliphatic heterocycles. The van der Waals surface area contributed by atoms with Crippen LogP contribution in [0.25, 0.3) is 0 Å². The molecule has 29 heavy (non-hydrogen) atoms. The summed E-state index contributed by atoms with van der Waals surface area (Å²) in [4.78, 5) is 23.8. The zero-order chi connectivity index (χ0) is 21.4. The Bertz CT molecular complexity index is 918. The first-order valence-corrected chi connectivity index (χ1v) is 9.97. The molecule has 0 heterocycles. The molecule has 2 amide bonds. The predicted octanol–water partition coefficient (Wildman–Crippen LogP) is 4.59. The third-order valence-electron chi connectivity index (χ3n) is 4.08. The fourth-order valence-corrected chi connectivity index (χ4v) is 2.81. The lowest BCUT2D eigenvalue weighted by Crippen LogP contribution is -2.37. The molecule has 3 N–H and O–H groups in total. The van der Waals surface area contributed by atoms with E-state index in [0.29, 0.717) is 28.6 Å². The highest BCUT2D eigenvalue weighted by atomic mass is 35.5. The number of ether oxygens (including phenoxy) is 1. The fraction of sp³-hybridized carbons (Fsp3) is 0.286. The number of aryl methyl sites for hydroxylation is 2. The summed E-state index contributed by atoms with van der Waals surface area (Å²) in [6, 6.07) is 10.6. The van der Waals surface area contributed by atoms with Crippen LogP contribution in [0.5, 0.6) is 5.75 Å². The zero-order valence-corrected chi connectivity index (χ0v) is 18.2. The summed E-state index contributed by atoms with van der Waals surface area (Å²) in [5.74, 6) is 0.130. The highest BCUT2D eigenvalue weighted by Crippen LogP contribution is 2.25. The van der Waals surface area contributed by atoms with Gasteiger partial charge < -0.3 is 15.4 Å². The Kier molecular flexibility index (Phi) is 8.42. The summed E-state index contributed by atoms with van der Waals surface area (Å²) in [7, 11) is 0. The summed E-state index contributed by atoms with van der Waals surface area (Å²) >= 11 is 11.3. The van der Waals surface area contributed by atoms with Gasteiger partial charge in [-0.15, -0.1) is 0 Å². The Morgan fingerprint density at radius 1 is 1.03 bits per heavy atom. The second kappa shape index (κ2) is 10.8. The van der Waals surface area contributed by atoms with E-state index in [1.165, 1.54) is 0 Å². The SMILES string of the molecule is CCCC(=O)Nc1ccc(Cl)c(NC(=S)NC(=O)COc2ccc(C)c(C)c2)c1. The molecule has 6 nitrogen and oxygen atoms in total. The van der Waals surface area contributed by atoms with Gasteiger partial charge in [0.15, 0.2) is 11.7 Å². The van der Waals surface area contributed by atoms with E-state index in [0.717, 1.165) is 17.5 Å². The van der Waals surface area contributed by atoms with Crippen LogP contribution in [0.1, 0.15) is 30.9 Å². The van der Waals surface area contributed by atoms with Gasteiger partial charge in [0, 0.05) is 12.1 Å². The maximum atomic E-state index is 12.1. The van der Waals surface area contributed by atoms with Gasteiger partial charge in [0.1, 0.15) is 5.75 Å². The fourth-order valence-electron chi connectivity index (χ4n) is 2.42. The van der Waals surface area contributed by atoms with Gasteiger partial charge in [-0.25, -0.2) is 0 Å². The molecule has 0 saturated heterocycles. The summed E-state index contributed by atoms with van der Waals surface area (Å²) in [5.41, 5.74) is 3.29. The third-order valence-corrected chi connectivity index (χ3v) is 4.61. The maximum absolute atomic E-state index is 12.1. The molecule has 0 saturated carbocycles. The number of hydrogen-bond acceptors (Lipinski definition) is 4. The molecule has 2 aromatic rings. The number of carbonyl (C=O) groups excluding carboxylic acids is 2. The maximum Gasteiger partial charge on any atom is 0.264 e. The molecule has 8 heteroatoms. The van der Waals surface area contributed by atoms with Crippen LogP contribution in [0.15, 0.2) is 36.4 Å². The van der Waals surface area contributed by atoms with E-state index < -0.39 is 5.91 Å². The topological polar surface area (TPSA) is 79.5 Å². The van der Waals surface area contributed by atoms with E-state index in [1.807, 2.05) is 39.0 Å². The van der Waals surface area contributed by atoms with Crippen molar-refractivity contribution in [1.82, 2.24) is 5.32 Å². The summed E-state index contributed by atoms with van der Waals surface area (Å²) in [5, 5.41) is 8.67. The van der Waals surface area contributed by atoms with Crippen LogP contribution in [0.3, 0.4) is 0 Å². The lowest BCUT2D eigenvalue weighted by atomic mass is 10.1. The number of halogens is 1. The number of hydrogen-bond donors (Lipinski definition) is 3. The normalized spacial score (nSPS) is 10.2. The Balaban J connectivity index is 1.89. The van der Waals surface area contributed by atoms with Crippen LogP contribution < -0.4 is 20.7 Å². The van der Waals surface area contributed by atoms with Gasteiger partial charge in [0.2, 0.25) is 5.91 Å². The molecule has 0 atom stereocenters. The monoisotopic (exact) mass is 433 g/mol. The smallest absolute Gasteiger partial charge is 0.264 e. The molecule has 2 aromatic carbocycles. The van der Waals surface area contributed by atoms with Crippen molar-refractivity contribution in [2.45, 2.75) is 33.6 Å². The van der Waals surface area contributed by atoms with Gasteiger partial charge in [0.25, 0.3) is 5.91 Å². The molecule has 0 bridgehead atoms. The van der Waals surface area contributed by atoms with E-state index in [9.17, 15) is 9.59 Å². The molecular weight excluding hydrogens is 410 g/mol. The van der Waals surface area contributed by atoms with E-state index in [1.54, 1.807) is 18.2 Å². The largest absolute Gasteiger partial charge is 0.484 e. The predicted molar refractivity (Wildman–Crippen MR) is 121 cm³/mol. The van der Waals surface area contributed by atoms with Crippen molar-refractivity contribution in [2.24, 2.45) is 0 Å². The van der Waals surface area contributed by atoms with E-state index in [4.69, 9.17) is 28.6 Å². The molecule has 0 aromatic heterocycles. The second-order valence-electron chi connectivity index (χ2n) is 6.53. The first kappa shape index (κ1) is 22.6. The number of carbonyl (C=O) groups is 2. The van der Waals surface area contributed by atoms with Gasteiger partial charge >= 0.3 is 0 Å². The highest BCUT2D eigenvalue weighted by molar-refractivity contribution is 7.80. The van der Waals surface area contributed by atoms with Crippen molar-refractivity contribution in [1.29, 1.82) is 0 Å². The molecule has 0 aliphatic carbocycles. The first-order valence-electron chi connectivity index (χ1n) is 9.18. The highest BCUT2D eigenvalue weighted by Gasteiger charge is 2.10. The molecule has 0 aliphatic rings. The van der Waals surface area contributed by atoms with Crippen LogP contribution >= 0.6 is 23.8 Å². The molecule has 0 spiro atoms. The number of amides is 2. The Hall–Kier alpha value is -2.64. The third kappa shape index (κ3) is 7.36. The van der Waals surface area contributed by atoms with Crippen LogP contribution in [-0.4, -0.2) is 23.5 Å². The molecule has 0 radical (unpaired) electrons. The van der Waals surface area contributed by atoms with Crippen molar-refractivity contribution in [2.75, 3.05) is 17.2 Å². The number of anilines is 2. The van der Waals surface area contributed by atoms with Gasteiger partial charge in [0.05, 0.1) is 10.7 Å². The van der Waals surface area contributed by atoms with Crippen LogP contribution in [0.2, 0.25) is 5.02 Å². The van der Waals surface area contributed by atoms with Crippen molar-refractivity contribution >= 4 is 52.1 Å². The Morgan fingerprint density at radius 3 is 2.48 bits per heavy atom. The average molecular weight is 434 g/mol. The number of rotatable bonds is 7. The molecule has 2 rings (SSSR count). The molecule has 0 fully saturated rings. The lowest BCUT2D eigenvalue weighted by molar-refractivity contribution is -0.121. The summed E-state index contributed by atoms with van der Waals surface area (Å²) in [6.45, 7) is 5.74. The number of benzene rings is 2. The summed E-state index contributed by atoms with van der Waals surface area (Å²) < 4.78 is 5.49. The Morgan fingerprint density at radius 2 is 1.79 bits per heavy atom. The van der Waals surface area contributed by atoms with Crippen LogP contribution in [0, 0.1) is 13.8 Å². The minimum absolute atomic E-state index is 0.0811. The van der Waals surface area contributed by atoms with Gasteiger partial charge in [-0.3, -0.25) is 14.9 Å². The minimum Gasteiger partial charge on any atom is -0.484 e. The lowest BCUT2D eigenvalue weighted by Gasteiger charge is -2.13.